The number of imidazole rings is 2. The number of rotatable bonds is 6. The molecule has 0 atom stereocenters. The predicted molar refractivity (Wildman–Crippen MR) is 112 cm³/mol. The standard InChI is InChI=1S/C21H25N5O3/c1-14(2)29-12-8-11-25-16(15-9-6-5-7-10-15)13-26-17-18(22-20(25)26)23(3)21(28)24(4)19(17)27/h5-7,9-10,13-14H,8,11-12H2,1-4H3. The SMILES string of the molecule is CC(C)OCCCn1c(-c2ccccc2)cn2c3c(=O)n(C)c(=O)n(C)c3nc12. The summed E-state index contributed by atoms with van der Waals surface area (Å²) >= 11 is 0. The van der Waals surface area contributed by atoms with E-state index in [4.69, 9.17) is 4.74 Å². The summed E-state index contributed by atoms with van der Waals surface area (Å²) in [6, 6.07) is 10.0. The third kappa shape index (κ3) is 3.19. The van der Waals surface area contributed by atoms with E-state index in [-0.39, 0.29) is 17.4 Å². The highest BCUT2D eigenvalue weighted by molar-refractivity contribution is 5.78. The molecule has 0 radical (unpaired) electrons. The molecule has 0 saturated carbocycles. The fourth-order valence-corrected chi connectivity index (χ4v) is 3.62. The molecule has 4 rings (SSSR count). The van der Waals surface area contributed by atoms with Crippen molar-refractivity contribution in [2.75, 3.05) is 6.61 Å². The van der Waals surface area contributed by atoms with Gasteiger partial charge in [0.2, 0.25) is 5.78 Å². The normalized spacial score (nSPS) is 11.9. The quantitative estimate of drug-likeness (QED) is 0.469. The van der Waals surface area contributed by atoms with Crippen LogP contribution in [0.3, 0.4) is 0 Å². The molecule has 8 nitrogen and oxygen atoms in total. The van der Waals surface area contributed by atoms with Crippen molar-refractivity contribution >= 4 is 16.9 Å². The van der Waals surface area contributed by atoms with Crippen molar-refractivity contribution in [2.45, 2.75) is 32.9 Å². The topological polar surface area (TPSA) is 75.5 Å². The highest BCUT2D eigenvalue weighted by Gasteiger charge is 2.20. The Morgan fingerprint density at radius 1 is 1.07 bits per heavy atom. The van der Waals surface area contributed by atoms with Crippen LogP contribution in [-0.4, -0.2) is 35.8 Å². The molecule has 0 amide bonds. The molecule has 29 heavy (non-hydrogen) atoms. The second-order valence-electron chi connectivity index (χ2n) is 7.46. The van der Waals surface area contributed by atoms with Crippen molar-refractivity contribution in [1.29, 1.82) is 0 Å². The molecule has 0 aliphatic rings. The molecule has 0 N–H and O–H groups in total. The van der Waals surface area contributed by atoms with Crippen LogP contribution in [-0.2, 0) is 25.4 Å². The van der Waals surface area contributed by atoms with Crippen molar-refractivity contribution in [3.63, 3.8) is 0 Å². The maximum absolute atomic E-state index is 12.8. The monoisotopic (exact) mass is 395 g/mol. The van der Waals surface area contributed by atoms with Gasteiger partial charge < -0.3 is 9.30 Å². The highest BCUT2D eigenvalue weighted by atomic mass is 16.5. The molecule has 0 bridgehead atoms. The van der Waals surface area contributed by atoms with Gasteiger partial charge in [0.1, 0.15) is 0 Å². The van der Waals surface area contributed by atoms with Crippen molar-refractivity contribution in [3.05, 3.63) is 57.4 Å². The molecule has 152 valence electrons. The van der Waals surface area contributed by atoms with Gasteiger partial charge in [-0.25, -0.2) is 4.79 Å². The van der Waals surface area contributed by atoms with E-state index in [9.17, 15) is 9.59 Å². The lowest BCUT2D eigenvalue weighted by Crippen LogP contribution is -2.37. The molecule has 3 heterocycles. The van der Waals surface area contributed by atoms with E-state index in [1.165, 1.54) is 11.6 Å². The number of aromatic nitrogens is 5. The van der Waals surface area contributed by atoms with E-state index in [2.05, 4.69) is 9.55 Å². The van der Waals surface area contributed by atoms with Gasteiger partial charge in [-0.2, -0.15) is 4.98 Å². The maximum atomic E-state index is 12.8. The van der Waals surface area contributed by atoms with Crippen LogP contribution in [0.4, 0.5) is 0 Å². The van der Waals surface area contributed by atoms with Crippen LogP contribution in [0, 0.1) is 0 Å². The second kappa shape index (κ2) is 7.36. The molecular formula is C21H25N5O3. The second-order valence-corrected chi connectivity index (χ2v) is 7.46. The Morgan fingerprint density at radius 2 is 1.79 bits per heavy atom. The molecule has 3 aromatic heterocycles. The smallest absolute Gasteiger partial charge is 0.332 e. The summed E-state index contributed by atoms with van der Waals surface area (Å²) in [4.78, 5) is 29.8. The number of hydrogen-bond donors (Lipinski definition) is 0. The predicted octanol–water partition coefficient (Wildman–Crippen LogP) is 2.17. The number of fused-ring (bicyclic) bond motifs is 3. The molecule has 0 fully saturated rings. The summed E-state index contributed by atoms with van der Waals surface area (Å²) in [5.41, 5.74) is 2.06. The third-order valence-electron chi connectivity index (χ3n) is 5.10. The van der Waals surface area contributed by atoms with Crippen LogP contribution >= 0.6 is 0 Å². The minimum absolute atomic E-state index is 0.180. The number of aryl methyl sites for hydroxylation is 2. The van der Waals surface area contributed by atoms with Crippen LogP contribution in [0.15, 0.2) is 46.1 Å². The number of benzene rings is 1. The minimum Gasteiger partial charge on any atom is -0.379 e. The molecule has 0 spiro atoms. The molecule has 4 aromatic rings. The van der Waals surface area contributed by atoms with Gasteiger partial charge in [0.25, 0.3) is 5.56 Å². The zero-order valence-corrected chi connectivity index (χ0v) is 17.1. The Kier molecular flexibility index (Phi) is 4.87. The largest absolute Gasteiger partial charge is 0.379 e. The summed E-state index contributed by atoms with van der Waals surface area (Å²) in [7, 11) is 3.12. The van der Waals surface area contributed by atoms with Crippen molar-refractivity contribution in [2.24, 2.45) is 14.1 Å². The lowest BCUT2D eigenvalue weighted by Gasteiger charge is -2.11. The maximum Gasteiger partial charge on any atom is 0.332 e. The van der Waals surface area contributed by atoms with E-state index >= 15 is 0 Å². The zero-order valence-electron chi connectivity index (χ0n) is 17.1. The lowest BCUT2D eigenvalue weighted by molar-refractivity contribution is 0.0750. The Bertz CT molecular complexity index is 1290. The van der Waals surface area contributed by atoms with Crippen LogP contribution < -0.4 is 11.2 Å². The molecule has 8 heteroatoms. The van der Waals surface area contributed by atoms with Gasteiger partial charge >= 0.3 is 5.69 Å². The number of nitrogens with zero attached hydrogens (tertiary/aromatic N) is 5. The summed E-state index contributed by atoms with van der Waals surface area (Å²) in [5.74, 6) is 0.640. The Balaban J connectivity index is 1.93. The molecule has 0 aliphatic heterocycles. The van der Waals surface area contributed by atoms with Gasteiger partial charge in [0.05, 0.1) is 11.8 Å². The van der Waals surface area contributed by atoms with Gasteiger partial charge in [-0.15, -0.1) is 0 Å². The Hall–Kier alpha value is -3.13. The first kappa shape index (κ1) is 19.2. The van der Waals surface area contributed by atoms with Gasteiger partial charge in [0, 0.05) is 33.4 Å². The molecular weight excluding hydrogens is 370 g/mol. The summed E-state index contributed by atoms with van der Waals surface area (Å²) in [6.07, 6.45) is 2.91. The van der Waals surface area contributed by atoms with Gasteiger partial charge in [-0.3, -0.25) is 18.3 Å². The summed E-state index contributed by atoms with van der Waals surface area (Å²) in [6.45, 7) is 5.35. The fourth-order valence-electron chi connectivity index (χ4n) is 3.62. The number of ether oxygens (including phenoxy) is 1. The van der Waals surface area contributed by atoms with E-state index in [0.29, 0.717) is 30.1 Å². The average Bonchev–Trinajstić information content (AvgIpc) is 3.25. The van der Waals surface area contributed by atoms with Gasteiger partial charge in [-0.1, -0.05) is 30.3 Å². The minimum atomic E-state index is -0.386. The number of hydrogen-bond acceptors (Lipinski definition) is 4. The third-order valence-corrected chi connectivity index (χ3v) is 5.10. The Labute approximate surface area is 167 Å². The molecule has 0 unspecified atom stereocenters. The van der Waals surface area contributed by atoms with Crippen LogP contribution in [0.2, 0.25) is 0 Å². The van der Waals surface area contributed by atoms with Crippen LogP contribution in [0.1, 0.15) is 20.3 Å². The van der Waals surface area contributed by atoms with Crippen molar-refractivity contribution in [1.82, 2.24) is 23.1 Å². The summed E-state index contributed by atoms with van der Waals surface area (Å²) in [5, 5.41) is 0. The summed E-state index contributed by atoms with van der Waals surface area (Å²) < 4.78 is 12.1. The zero-order chi connectivity index (χ0) is 20.7. The van der Waals surface area contributed by atoms with Crippen molar-refractivity contribution < 1.29 is 4.74 Å². The highest BCUT2D eigenvalue weighted by Crippen LogP contribution is 2.25. The van der Waals surface area contributed by atoms with E-state index < -0.39 is 0 Å². The van der Waals surface area contributed by atoms with Gasteiger partial charge in [0.15, 0.2) is 11.2 Å². The first-order valence-electron chi connectivity index (χ1n) is 9.74. The first-order chi connectivity index (χ1) is 13.9. The van der Waals surface area contributed by atoms with Gasteiger partial charge in [-0.05, 0) is 25.8 Å². The van der Waals surface area contributed by atoms with E-state index in [1.807, 2.05) is 50.4 Å². The molecule has 0 aliphatic carbocycles. The first-order valence-corrected chi connectivity index (χ1v) is 9.74. The van der Waals surface area contributed by atoms with E-state index in [0.717, 1.165) is 22.2 Å². The van der Waals surface area contributed by atoms with Crippen LogP contribution in [0.25, 0.3) is 28.2 Å². The molecule has 1 aromatic carbocycles. The Morgan fingerprint density at radius 3 is 2.48 bits per heavy atom. The van der Waals surface area contributed by atoms with Crippen LogP contribution in [0.5, 0.6) is 0 Å². The van der Waals surface area contributed by atoms with Crippen molar-refractivity contribution in [3.8, 4) is 11.3 Å². The fraction of sp³-hybridized carbons (Fsp3) is 0.381. The van der Waals surface area contributed by atoms with E-state index in [1.54, 1.807) is 11.4 Å². The average molecular weight is 395 g/mol. The lowest BCUT2D eigenvalue weighted by atomic mass is 10.1. The molecule has 0 saturated heterocycles.